The van der Waals surface area contributed by atoms with E-state index in [-0.39, 0.29) is 0 Å². The molecule has 0 aliphatic rings. The third-order valence-electron chi connectivity index (χ3n) is 2.22. The van der Waals surface area contributed by atoms with Gasteiger partial charge in [0.05, 0.1) is 0 Å². The van der Waals surface area contributed by atoms with Gasteiger partial charge in [0.15, 0.2) is 11.5 Å². The summed E-state index contributed by atoms with van der Waals surface area (Å²) in [6.45, 7) is 2.86. The minimum Gasteiger partial charge on any atom is -0.441 e. The van der Waals surface area contributed by atoms with Gasteiger partial charge in [-0.2, -0.15) is 0 Å². The second-order valence-electron chi connectivity index (χ2n) is 3.39. The van der Waals surface area contributed by atoms with Crippen molar-refractivity contribution in [2.24, 2.45) is 0 Å². The summed E-state index contributed by atoms with van der Waals surface area (Å²) in [4.78, 5) is 4.29. The first-order valence-corrected chi connectivity index (χ1v) is 4.80. The fourth-order valence-electron chi connectivity index (χ4n) is 1.51. The SMILES string of the molecule is CNCCc1ccc2oc(C)nc2c1. The molecule has 2 aromatic rings. The molecule has 0 atom stereocenters. The van der Waals surface area contributed by atoms with E-state index in [4.69, 9.17) is 4.42 Å². The zero-order valence-electron chi connectivity index (χ0n) is 8.50. The van der Waals surface area contributed by atoms with Gasteiger partial charge in [0.25, 0.3) is 0 Å². The minimum atomic E-state index is 0.728. The number of rotatable bonds is 3. The normalized spacial score (nSPS) is 11.0. The van der Waals surface area contributed by atoms with Crippen molar-refractivity contribution >= 4 is 11.1 Å². The van der Waals surface area contributed by atoms with Crippen molar-refractivity contribution < 1.29 is 4.42 Å². The molecule has 0 amide bonds. The van der Waals surface area contributed by atoms with Crippen LogP contribution in [0.5, 0.6) is 0 Å². The predicted octanol–water partition coefficient (Wildman–Crippen LogP) is 1.90. The molecule has 14 heavy (non-hydrogen) atoms. The highest BCUT2D eigenvalue weighted by Gasteiger charge is 2.02. The van der Waals surface area contributed by atoms with Crippen LogP contribution < -0.4 is 5.32 Å². The molecular weight excluding hydrogens is 176 g/mol. The van der Waals surface area contributed by atoms with Crippen molar-refractivity contribution in [1.29, 1.82) is 0 Å². The van der Waals surface area contributed by atoms with Crippen LogP contribution in [0.15, 0.2) is 22.6 Å². The Balaban J connectivity index is 2.31. The van der Waals surface area contributed by atoms with Gasteiger partial charge in [0, 0.05) is 6.92 Å². The average molecular weight is 190 g/mol. The van der Waals surface area contributed by atoms with Crippen molar-refractivity contribution in [2.75, 3.05) is 13.6 Å². The lowest BCUT2D eigenvalue weighted by atomic mass is 10.1. The first-order chi connectivity index (χ1) is 6.79. The topological polar surface area (TPSA) is 38.1 Å². The molecule has 0 bridgehead atoms. The van der Waals surface area contributed by atoms with Gasteiger partial charge < -0.3 is 9.73 Å². The van der Waals surface area contributed by atoms with E-state index in [1.54, 1.807) is 0 Å². The molecule has 1 heterocycles. The van der Waals surface area contributed by atoms with E-state index in [9.17, 15) is 0 Å². The van der Waals surface area contributed by atoms with Crippen LogP contribution in [0, 0.1) is 6.92 Å². The van der Waals surface area contributed by atoms with Crippen molar-refractivity contribution in [1.82, 2.24) is 10.3 Å². The molecule has 0 saturated carbocycles. The summed E-state index contributed by atoms with van der Waals surface area (Å²) in [6.07, 6.45) is 1.03. The summed E-state index contributed by atoms with van der Waals surface area (Å²) in [6, 6.07) is 6.16. The van der Waals surface area contributed by atoms with Crippen LogP contribution in [0.2, 0.25) is 0 Å². The Hall–Kier alpha value is -1.35. The van der Waals surface area contributed by atoms with Gasteiger partial charge in [-0.25, -0.2) is 4.98 Å². The maximum Gasteiger partial charge on any atom is 0.192 e. The summed E-state index contributed by atoms with van der Waals surface area (Å²) in [5, 5.41) is 3.13. The predicted molar refractivity (Wildman–Crippen MR) is 56.4 cm³/mol. The highest BCUT2D eigenvalue weighted by molar-refractivity contribution is 5.73. The Morgan fingerprint density at radius 3 is 3.07 bits per heavy atom. The molecule has 0 spiro atoms. The number of oxazole rings is 1. The van der Waals surface area contributed by atoms with Crippen LogP contribution in [0.3, 0.4) is 0 Å². The van der Waals surface area contributed by atoms with Crippen molar-refractivity contribution in [3.63, 3.8) is 0 Å². The smallest absolute Gasteiger partial charge is 0.192 e. The molecular formula is C11H14N2O. The molecule has 0 radical (unpaired) electrons. The van der Waals surface area contributed by atoms with E-state index in [0.717, 1.165) is 30.0 Å². The van der Waals surface area contributed by atoms with Gasteiger partial charge in [-0.05, 0) is 37.7 Å². The van der Waals surface area contributed by atoms with Gasteiger partial charge in [-0.15, -0.1) is 0 Å². The van der Waals surface area contributed by atoms with Gasteiger partial charge >= 0.3 is 0 Å². The van der Waals surface area contributed by atoms with Crippen molar-refractivity contribution in [3.8, 4) is 0 Å². The second-order valence-corrected chi connectivity index (χ2v) is 3.39. The van der Waals surface area contributed by atoms with Crippen LogP contribution >= 0.6 is 0 Å². The standard InChI is InChI=1S/C11H14N2O/c1-8-13-10-7-9(5-6-12-2)3-4-11(10)14-8/h3-4,7,12H,5-6H2,1-2H3. The fourth-order valence-corrected chi connectivity index (χ4v) is 1.51. The molecule has 3 nitrogen and oxygen atoms in total. The Morgan fingerprint density at radius 1 is 1.43 bits per heavy atom. The molecule has 3 heteroatoms. The number of nitrogens with zero attached hydrogens (tertiary/aromatic N) is 1. The highest BCUT2D eigenvalue weighted by Crippen LogP contribution is 2.16. The summed E-state index contributed by atoms with van der Waals surface area (Å²) in [5.41, 5.74) is 3.12. The second kappa shape index (κ2) is 3.80. The molecule has 1 N–H and O–H groups in total. The molecule has 74 valence electrons. The average Bonchev–Trinajstić information content (AvgIpc) is 2.54. The molecule has 0 unspecified atom stereocenters. The Labute approximate surface area is 83.1 Å². The number of likely N-dealkylation sites (N-methyl/N-ethyl adjacent to an activating group) is 1. The molecule has 0 aliphatic carbocycles. The third-order valence-corrected chi connectivity index (χ3v) is 2.22. The Morgan fingerprint density at radius 2 is 2.29 bits per heavy atom. The molecule has 1 aromatic heterocycles. The Kier molecular flexibility index (Phi) is 2.50. The zero-order chi connectivity index (χ0) is 9.97. The summed E-state index contributed by atoms with van der Waals surface area (Å²) in [7, 11) is 1.96. The Bertz CT molecular complexity index is 434. The molecule has 1 aromatic carbocycles. The number of fused-ring (bicyclic) bond motifs is 1. The number of aryl methyl sites for hydroxylation is 1. The summed E-state index contributed by atoms with van der Waals surface area (Å²) < 4.78 is 5.40. The number of nitrogens with one attached hydrogen (secondary N) is 1. The lowest BCUT2D eigenvalue weighted by Crippen LogP contribution is -2.10. The van der Waals surface area contributed by atoms with E-state index in [1.165, 1.54) is 5.56 Å². The largest absolute Gasteiger partial charge is 0.441 e. The third kappa shape index (κ3) is 1.77. The maximum absolute atomic E-state index is 5.40. The maximum atomic E-state index is 5.40. The molecule has 2 rings (SSSR count). The van der Waals surface area contributed by atoms with Crippen LogP contribution in [-0.2, 0) is 6.42 Å². The molecule has 0 saturated heterocycles. The first kappa shape index (κ1) is 9.21. The van der Waals surface area contributed by atoms with Crippen molar-refractivity contribution in [2.45, 2.75) is 13.3 Å². The van der Waals surface area contributed by atoms with Gasteiger partial charge in [-0.3, -0.25) is 0 Å². The van der Waals surface area contributed by atoms with Gasteiger partial charge in [-0.1, -0.05) is 6.07 Å². The first-order valence-electron chi connectivity index (χ1n) is 4.80. The molecule has 0 aliphatic heterocycles. The summed E-state index contributed by atoms with van der Waals surface area (Å²) in [5.74, 6) is 0.728. The van der Waals surface area contributed by atoms with E-state index in [1.807, 2.05) is 20.0 Å². The van der Waals surface area contributed by atoms with E-state index in [0.29, 0.717) is 0 Å². The van der Waals surface area contributed by atoms with Crippen LogP contribution in [-0.4, -0.2) is 18.6 Å². The summed E-state index contributed by atoms with van der Waals surface area (Å²) >= 11 is 0. The van der Waals surface area contributed by atoms with E-state index >= 15 is 0 Å². The monoisotopic (exact) mass is 190 g/mol. The van der Waals surface area contributed by atoms with Crippen LogP contribution in [0.25, 0.3) is 11.1 Å². The number of hydrogen-bond donors (Lipinski definition) is 1. The minimum absolute atomic E-state index is 0.728. The fraction of sp³-hybridized carbons (Fsp3) is 0.364. The number of hydrogen-bond acceptors (Lipinski definition) is 3. The number of benzene rings is 1. The van der Waals surface area contributed by atoms with Gasteiger partial charge in [0.1, 0.15) is 5.52 Å². The lowest BCUT2D eigenvalue weighted by molar-refractivity contribution is 0.561. The van der Waals surface area contributed by atoms with Crippen LogP contribution in [0.1, 0.15) is 11.5 Å². The van der Waals surface area contributed by atoms with Crippen molar-refractivity contribution in [3.05, 3.63) is 29.7 Å². The molecule has 0 fully saturated rings. The number of aromatic nitrogens is 1. The highest BCUT2D eigenvalue weighted by atomic mass is 16.3. The van der Waals surface area contributed by atoms with Crippen LogP contribution in [0.4, 0.5) is 0 Å². The van der Waals surface area contributed by atoms with Gasteiger partial charge in [0.2, 0.25) is 0 Å². The van der Waals surface area contributed by atoms with E-state index in [2.05, 4.69) is 22.4 Å². The van der Waals surface area contributed by atoms with E-state index < -0.39 is 0 Å². The zero-order valence-corrected chi connectivity index (χ0v) is 8.50. The lowest BCUT2D eigenvalue weighted by Gasteiger charge is -1.99. The quantitative estimate of drug-likeness (QED) is 0.803.